The number of carbonyl (C=O) groups is 2. The molecule has 2 saturated heterocycles. The van der Waals surface area contributed by atoms with E-state index in [0.717, 1.165) is 49.0 Å². The maximum atomic E-state index is 13.0. The highest BCUT2D eigenvalue weighted by molar-refractivity contribution is 8.13. The molecule has 1 amide bonds. The van der Waals surface area contributed by atoms with E-state index in [1.807, 2.05) is 36.1 Å². The van der Waals surface area contributed by atoms with E-state index < -0.39 is 5.79 Å². The number of rotatable bonds is 5. The van der Waals surface area contributed by atoms with Crippen LogP contribution in [0.25, 0.3) is 0 Å². The fraction of sp³-hybridized carbons (Fsp3) is 0.571. The van der Waals surface area contributed by atoms with E-state index in [1.165, 1.54) is 11.8 Å². The predicted molar refractivity (Wildman–Crippen MR) is 140 cm³/mol. The summed E-state index contributed by atoms with van der Waals surface area (Å²) in [5.74, 6) is -0.0489. The van der Waals surface area contributed by atoms with Gasteiger partial charge >= 0.3 is 5.97 Å². The van der Waals surface area contributed by atoms with Gasteiger partial charge in [0.1, 0.15) is 11.9 Å². The number of nitrogens with zero attached hydrogens (tertiary/aromatic N) is 1. The molecule has 3 aliphatic heterocycles. The Morgan fingerprint density at radius 2 is 1.89 bits per heavy atom. The van der Waals surface area contributed by atoms with Gasteiger partial charge in [-0.25, -0.2) is 4.79 Å². The van der Waals surface area contributed by atoms with Gasteiger partial charge in [0.2, 0.25) is 0 Å². The standard InChI is InChI=1S/C28H37NO6S/c1-20-9-7-5-4-6-8-10-23-16-24(34-26(30)15-20)17-28(33-3,35-23)25-19-36-27(31)29(25)18-21-11-13-22(32-2)14-12-21/h4-5,11-15,23-25H,6-10,16-19H2,1-3H3/t23-,24?,25-,28-/m1/s1. The van der Waals surface area contributed by atoms with Crippen molar-refractivity contribution in [3.05, 3.63) is 53.6 Å². The second kappa shape index (κ2) is 12.3. The molecule has 2 bridgehead atoms. The van der Waals surface area contributed by atoms with Gasteiger partial charge in [0.25, 0.3) is 5.24 Å². The Morgan fingerprint density at radius 3 is 2.64 bits per heavy atom. The van der Waals surface area contributed by atoms with Crippen LogP contribution in [0.15, 0.2) is 48.1 Å². The third-order valence-corrected chi connectivity index (χ3v) is 8.12. The maximum Gasteiger partial charge on any atom is 0.330 e. The van der Waals surface area contributed by atoms with Crippen molar-refractivity contribution in [2.75, 3.05) is 20.0 Å². The molecule has 1 aromatic carbocycles. The lowest BCUT2D eigenvalue weighted by molar-refractivity contribution is -0.305. The Balaban J connectivity index is 1.58. The van der Waals surface area contributed by atoms with Gasteiger partial charge < -0.3 is 23.8 Å². The molecule has 7 nitrogen and oxygen atoms in total. The van der Waals surface area contributed by atoms with Gasteiger partial charge in [-0.2, -0.15) is 0 Å². The van der Waals surface area contributed by atoms with Gasteiger partial charge in [-0.15, -0.1) is 0 Å². The van der Waals surface area contributed by atoms with Crippen molar-refractivity contribution >= 4 is 23.0 Å². The van der Waals surface area contributed by atoms with E-state index in [4.69, 9.17) is 18.9 Å². The molecule has 3 aliphatic rings. The topological polar surface area (TPSA) is 74.3 Å². The van der Waals surface area contributed by atoms with Crippen LogP contribution in [-0.2, 0) is 25.5 Å². The van der Waals surface area contributed by atoms with E-state index in [-0.39, 0.29) is 29.5 Å². The second-order valence-corrected chi connectivity index (χ2v) is 10.7. The predicted octanol–water partition coefficient (Wildman–Crippen LogP) is 5.63. The zero-order valence-electron chi connectivity index (χ0n) is 21.4. The molecule has 0 saturated carbocycles. The zero-order valence-corrected chi connectivity index (χ0v) is 22.3. The smallest absolute Gasteiger partial charge is 0.330 e. The lowest BCUT2D eigenvalue weighted by atomic mass is 9.90. The number of thioether (sulfide) groups is 1. The molecule has 4 atom stereocenters. The van der Waals surface area contributed by atoms with Crippen LogP contribution in [0, 0.1) is 0 Å². The molecule has 1 unspecified atom stereocenters. The lowest BCUT2D eigenvalue weighted by Gasteiger charge is -2.48. The molecule has 0 radical (unpaired) electrons. The number of benzene rings is 1. The third-order valence-electron chi connectivity index (χ3n) is 7.16. The third kappa shape index (κ3) is 6.52. The van der Waals surface area contributed by atoms with Crippen LogP contribution in [0.2, 0.25) is 0 Å². The first-order chi connectivity index (χ1) is 17.4. The summed E-state index contributed by atoms with van der Waals surface area (Å²) < 4.78 is 24.0. The molecular formula is C28H37NO6S. The summed E-state index contributed by atoms with van der Waals surface area (Å²) in [6.45, 7) is 2.41. The minimum atomic E-state index is -1.05. The quantitative estimate of drug-likeness (QED) is 0.371. The monoisotopic (exact) mass is 515 g/mol. The molecule has 0 N–H and O–H groups in total. The molecule has 2 fully saturated rings. The zero-order chi connectivity index (χ0) is 25.5. The fourth-order valence-corrected chi connectivity index (χ4v) is 6.31. The first-order valence-electron chi connectivity index (χ1n) is 12.7. The molecule has 36 heavy (non-hydrogen) atoms. The first-order valence-corrected chi connectivity index (χ1v) is 13.7. The van der Waals surface area contributed by atoms with E-state index >= 15 is 0 Å². The molecule has 1 aromatic rings. The number of methoxy groups -OCH3 is 2. The van der Waals surface area contributed by atoms with E-state index in [0.29, 0.717) is 25.1 Å². The number of ether oxygens (including phenoxy) is 4. The second-order valence-electron chi connectivity index (χ2n) is 9.75. The SMILES string of the molecule is COc1ccc(CN2C(=O)SC[C@@H]2[C@@]2(OC)CC3C[C@@H](CCCC=CCCC(C)=CC(=O)O3)O2)cc1. The first kappa shape index (κ1) is 26.8. The van der Waals surface area contributed by atoms with E-state index in [1.54, 1.807) is 20.3 Å². The van der Waals surface area contributed by atoms with Gasteiger partial charge in [-0.1, -0.05) is 41.6 Å². The summed E-state index contributed by atoms with van der Waals surface area (Å²) in [6, 6.07) is 7.42. The summed E-state index contributed by atoms with van der Waals surface area (Å²) in [6.07, 6.45) is 11.1. The minimum Gasteiger partial charge on any atom is -0.497 e. The Kier molecular flexibility index (Phi) is 9.14. The van der Waals surface area contributed by atoms with Crippen molar-refractivity contribution in [1.29, 1.82) is 0 Å². The summed E-state index contributed by atoms with van der Waals surface area (Å²) >= 11 is 1.28. The summed E-state index contributed by atoms with van der Waals surface area (Å²) in [7, 11) is 3.26. The normalized spacial score (nSPS) is 29.9. The molecule has 0 spiro atoms. The van der Waals surface area contributed by atoms with Crippen molar-refractivity contribution in [1.82, 2.24) is 4.90 Å². The largest absolute Gasteiger partial charge is 0.497 e. The molecule has 4 rings (SSSR count). The highest BCUT2D eigenvalue weighted by Crippen LogP contribution is 2.43. The maximum absolute atomic E-state index is 13.0. The van der Waals surface area contributed by atoms with Gasteiger partial charge in [0, 0.05) is 38.3 Å². The number of allylic oxidation sites excluding steroid dienone is 3. The van der Waals surface area contributed by atoms with Crippen LogP contribution in [0.1, 0.15) is 57.4 Å². The summed E-state index contributed by atoms with van der Waals surface area (Å²) in [5.41, 5.74) is 2.01. The number of amides is 1. The van der Waals surface area contributed by atoms with Crippen molar-refractivity contribution in [3.8, 4) is 5.75 Å². The minimum absolute atomic E-state index is 0.00246. The van der Waals surface area contributed by atoms with Crippen LogP contribution in [-0.4, -0.2) is 60.1 Å². The van der Waals surface area contributed by atoms with E-state index in [9.17, 15) is 9.59 Å². The van der Waals surface area contributed by atoms with Crippen molar-refractivity contribution < 1.29 is 28.5 Å². The van der Waals surface area contributed by atoms with Crippen LogP contribution >= 0.6 is 11.8 Å². The average molecular weight is 516 g/mol. The lowest BCUT2D eigenvalue weighted by Crippen LogP contribution is -2.60. The number of esters is 1. The number of hydrogen-bond acceptors (Lipinski definition) is 7. The Labute approximate surface area is 218 Å². The molecule has 3 heterocycles. The van der Waals surface area contributed by atoms with Crippen LogP contribution < -0.4 is 4.74 Å². The van der Waals surface area contributed by atoms with Gasteiger partial charge in [0.05, 0.1) is 19.3 Å². The Bertz CT molecular complexity index is 977. The molecule has 0 aromatic heterocycles. The summed E-state index contributed by atoms with van der Waals surface area (Å²) in [5, 5.41) is -0.00246. The van der Waals surface area contributed by atoms with Gasteiger partial charge in [-0.05, 0) is 56.7 Å². The van der Waals surface area contributed by atoms with Crippen LogP contribution in [0.5, 0.6) is 5.75 Å². The van der Waals surface area contributed by atoms with Gasteiger partial charge in [-0.3, -0.25) is 4.79 Å². The number of hydrogen-bond donors (Lipinski definition) is 0. The molecule has 0 aliphatic carbocycles. The highest BCUT2D eigenvalue weighted by atomic mass is 32.2. The summed E-state index contributed by atoms with van der Waals surface area (Å²) in [4.78, 5) is 27.5. The van der Waals surface area contributed by atoms with Crippen LogP contribution in [0.4, 0.5) is 4.79 Å². The molecule has 196 valence electrons. The highest BCUT2D eigenvalue weighted by Gasteiger charge is 2.54. The Morgan fingerprint density at radius 1 is 1.11 bits per heavy atom. The average Bonchev–Trinajstić information content (AvgIpc) is 3.23. The number of fused-ring (bicyclic) bond motifs is 2. The number of carbonyl (C=O) groups excluding carboxylic acids is 2. The van der Waals surface area contributed by atoms with Crippen molar-refractivity contribution in [3.63, 3.8) is 0 Å². The van der Waals surface area contributed by atoms with E-state index in [2.05, 4.69) is 12.2 Å². The Hall–Kier alpha value is -2.29. The van der Waals surface area contributed by atoms with Crippen molar-refractivity contribution in [2.24, 2.45) is 0 Å². The molecular weight excluding hydrogens is 478 g/mol. The fourth-order valence-electron chi connectivity index (χ4n) is 5.22. The van der Waals surface area contributed by atoms with Gasteiger partial charge in [0.15, 0.2) is 5.79 Å². The van der Waals surface area contributed by atoms with Crippen LogP contribution in [0.3, 0.4) is 0 Å². The van der Waals surface area contributed by atoms with Crippen molar-refractivity contribution in [2.45, 2.75) is 82.5 Å². The molecule has 8 heteroatoms.